The van der Waals surface area contributed by atoms with Crippen LogP contribution in [0.2, 0.25) is 0 Å². The van der Waals surface area contributed by atoms with Crippen LogP contribution >= 0.6 is 0 Å². The number of nitrogens with zero attached hydrogens (tertiary/aromatic N) is 1. The van der Waals surface area contributed by atoms with Gasteiger partial charge in [0.05, 0.1) is 0 Å². The third-order valence-electron chi connectivity index (χ3n) is 3.78. The van der Waals surface area contributed by atoms with E-state index in [0.29, 0.717) is 23.5 Å². The lowest BCUT2D eigenvalue weighted by molar-refractivity contribution is -0.130. The molecule has 6 nitrogen and oxygen atoms in total. The van der Waals surface area contributed by atoms with Gasteiger partial charge in [0.25, 0.3) is 0 Å². The van der Waals surface area contributed by atoms with Crippen molar-refractivity contribution in [3.8, 4) is 0 Å². The lowest BCUT2D eigenvalue weighted by Gasteiger charge is -2.18. The van der Waals surface area contributed by atoms with Gasteiger partial charge in [-0.1, -0.05) is 12.1 Å². The zero-order valence-corrected chi connectivity index (χ0v) is 15.7. The summed E-state index contributed by atoms with van der Waals surface area (Å²) < 4.78 is 13.2. The molecule has 0 radical (unpaired) electrons. The van der Waals surface area contributed by atoms with Crippen LogP contribution in [-0.2, 0) is 14.4 Å². The molecule has 0 aromatic heterocycles. The Morgan fingerprint density at radius 2 is 1.68 bits per heavy atom. The molecule has 2 N–H and O–H groups in total. The van der Waals surface area contributed by atoms with Crippen molar-refractivity contribution in [2.24, 2.45) is 0 Å². The second kappa shape index (κ2) is 10.0. The minimum Gasteiger partial charge on any atom is -0.330 e. The van der Waals surface area contributed by atoms with E-state index in [1.807, 2.05) is 0 Å². The SMILES string of the molecule is CCN(CC(=O)Nc1ccc(NC(C)=O)cc1)C(=O)/C=C/c1cccc(F)c1. The average Bonchev–Trinajstić information content (AvgIpc) is 2.65. The molecule has 146 valence electrons. The topological polar surface area (TPSA) is 78.5 Å². The summed E-state index contributed by atoms with van der Waals surface area (Å²) in [7, 11) is 0. The third kappa shape index (κ3) is 6.68. The fourth-order valence-electron chi connectivity index (χ4n) is 2.44. The van der Waals surface area contributed by atoms with E-state index in [2.05, 4.69) is 10.6 Å². The van der Waals surface area contributed by atoms with Crippen LogP contribution in [0.25, 0.3) is 6.08 Å². The summed E-state index contributed by atoms with van der Waals surface area (Å²) in [4.78, 5) is 36.9. The van der Waals surface area contributed by atoms with Crippen LogP contribution in [0.3, 0.4) is 0 Å². The van der Waals surface area contributed by atoms with Crippen LogP contribution in [-0.4, -0.2) is 35.7 Å². The number of hydrogen-bond donors (Lipinski definition) is 2. The van der Waals surface area contributed by atoms with E-state index in [4.69, 9.17) is 0 Å². The molecule has 7 heteroatoms. The van der Waals surface area contributed by atoms with Crippen molar-refractivity contribution in [3.63, 3.8) is 0 Å². The molecule has 0 aliphatic rings. The van der Waals surface area contributed by atoms with E-state index >= 15 is 0 Å². The molecule has 2 aromatic rings. The van der Waals surface area contributed by atoms with Crippen LogP contribution < -0.4 is 10.6 Å². The molecule has 2 aromatic carbocycles. The summed E-state index contributed by atoms with van der Waals surface area (Å²) in [5, 5.41) is 5.34. The zero-order valence-electron chi connectivity index (χ0n) is 15.7. The fraction of sp³-hybridized carbons (Fsp3) is 0.190. The molecule has 0 saturated heterocycles. The van der Waals surface area contributed by atoms with Gasteiger partial charge in [0.15, 0.2) is 0 Å². The first kappa shape index (κ1) is 20.8. The second-order valence-electron chi connectivity index (χ2n) is 6.05. The Morgan fingerprint density at radius 1 is 1.04 bits per heavy atom. The van der Waals surface area contributed by atoms with Gasteiger partial charge in [0, 0.05) is 30.9 Å². The van der Waals surface area contributed by atoms with Crippen molar-refractivity contribution >= 4 is 35.2 Å². The van der Waals surface area contributed by atoms with E-state index in [-0.39, 0.29) is 30.1 Å². The van der Waals surface area contributed by atoms with Gasteiger partial charge in [0.2, 0.25) is 17.7 Å². The van der Waals surface area contributed by atoms with E-state index in [1.165, 1.54) is 36.1 Å². The summed E-state index contributed by atoms with van der Waals surface area (Å²) in [6.45, 7) is 3.41. The first-order valence-corrected chi connectivity index (χ1v) is 8.77. The molecule has 0 aliphatic heterocycles. The fourth-order valence-corrected chi connectivity index (χ4v) is 2.44. The van der Waals surface area contributed by atoms with Gasteiger partial charge in [-0.2, -0.15) is 0 Å². The lowest BCUT2D eigenvalue weighted by atomic mass is 10.2. The van der Waals surface area contributed by atoms with Crippen molar-refractivity contribution in [2.45, 2.75) is 13.8 Å². The molecule has 0 bridgehead atoms. The minimum atomic E-state index is -0.383. The predicted molar refractivity (Wildman–Crippen MR) is 107 cm³/mol. The third-order valence-corrected chi connectivity index (χ3v) is 3.78. The maximum atomic E-state index is 13.2. The summed E-state index contributed by atoms with van der Waals surface area (Å²) in [6.07, 6.45) is 2.82. The molecule has 0 atom stereocenters. The number of nitrogens with one attached hydrogen (secondary N) is 2. The maximum Gasteiger partial charge on any atom is 0.247 e. The molecule has 0 unspecified atom stereocenters. The monoisotopic (exact) mass is 383 g/mol. The summed E-state index contributed by atoms with van der Waals surface area (Å²) in [6, 6.07) is 12.5. The summed E-state index contributed by atoms with van der Waals surface area (Å²) in [5.41, 5.74) is 1.74. The first-order chi connectivity index (χ1) is 13.4. The van der Waals surface area contributed by atoms with Gasteiger partial charge >= 0.3 is 0 Å². The molecule has 0 saturated carbocycles. The Labute approximate surface area is 163 Å². The Kier molecular flexibility index (Phi) is 7.45. The number of hydrogen-bond acceptors (Lipinski definition) is 3. The summed E-state index contributed by atoms with van der Waals surface area (Å²) >= 11 is 0. The van der Waals surface area contributed by atoms with E-state index in [1.54, 1.807) is 43.3 Å². The van der Waals surface area contributed by atoms with Crippen LogP contribution in [0.4, 0.5) is 15.8 Å². The number of likely N-dealkylation sites (N-methyl/N-ethyl adjacent to an activating group) is 1. The molecule has 0 spiro atoms. The highest BCUT2D eigenvalue weighted by Gasteiger charge is 2.13. The second-order valence-corrected chi connectivity index (χ2v) is 6.05. The molecular weight excluding hydrogens is 361 g/mol. The van der Waals surface area contributed by atoms with Crippen molar-refractivity contribution in [3.05, 3.63) is 66.0 Å². The number of carbonyl (C=O) groups excluding carboxylic acids is 3. The number of carbonyl (C=O) groups is 3. The number of anilines is 2. The Balaban J connectivity index is 1.92. The average molecular weight is 383 g/mol. The molecule has 2 rings (SSSR count). The van der Waals surface area contributed by atoms with Gasteiger partial charge in [-0.05, 0) is 55.0 Å². The lowest BCUT2D eigenvalue weighted by Crippen LogP contribution is -2.36. The maximum absolute atomic E-state index is 13.2. The highest BCUT2D eigenvalue weighted by molar-refractivity contribution is 5.98. The van der Waals surface area contributed by atoms with Crippen LogP contribution in [0, 0.1) is 5.82 Å². The Morgan fingerprint density at radius 3 is 2.25 bits per heavy atom. The van der Waals surface area contributed by atoms with Gasteiger partial charge < -0.3 is 15.5 Å². The minimum absolute atomic E-state index is 0.115. The normalized spacial score (nSPS) is 10.5. The van der Waals surface area contributed by atoms with Crippen molar-refractivity contribution in [1.29, 1.82) is 0 Å². The van der Waals surface area contributed by atoms with E-state index in [0.717, 1.165) is 0 Å². The highest BCUT2D eigenvalue weighted by Crippen LogP contribution is 2.13. The zero-order chi connectivity index (χ0) is 20.5. The van der Waals surface area contributed by atoms with Gasteiger partial charge in [-0.15, -0.1) is 0 Å². The highest BCUT2D eigenvalue weighted by atomic mass is 19.1. The quantitative estimate of drug-likeness (QED) is 0.720. The van der Waals surface area contributed by atoms with Crippen LogP contribution in [0.1, 0.15) is 19.4 Å². The number of rotatable bonds is 7. The predicted octanol–water partition coefficient (Wildman–Crippen LogP) is 3.28. The van der Waals surface area contributed by atoms with Gasteiger partial charge in [-0.3, -0.25) is 14.4 Å². The van der Waals surface area contributed by atoms with Crippen LogP contribution in [0.5, 0.6) is 0 Å². The Hall–Kier alpha value is -3.48. The van der Waals surface area contributed by atoms with Crippen molar-refractivity contribution in [2.75, 3.05) is 23.7 Å². The summed E-state index contributed by atoms with van der Waals surface area (Å²) in [5.74, 6) is -1.25. The largest absolute Gasteiger partial charge is 0.330 e. The molecule has 28 heavy (non-hydrogen) atoms. The van der Waals surface area contributed by atoms with Gasteiger partial charge in [0.1, 0.15) is 12.4 Å². The Bertz CT molecular complexity index is 879. The van der Waals surface area contributed by atoms with Crippen molar-refractivity contribution in [1.82, 2.24) is 4.90 Å². The van der Waals surface area contributed by atoms with E-state index in [9.17, 15) is 18.8 Å². The number of halogens is 1. The molecule has 0 aliphatic carbocycles. The van der Waals surface area contributed by atoms with Gasteiger partial charge in [-0.25, -0.2) is 4.39 Å². The molecular formula is C21H22FN3O3. The molecule has 0 heterocycles. The molecule has 3 amide bonds. The number of benzene rings is 2. The van der Waals surface area contributed by atoms with Crippen LogP contribution in [0.15, 0.2) is 54.6 Å². The smallest absolute Gasteiger partial charge is 0.247 e. The standard InChI is InChI=1S/C21H22FN3O3/c1-3-25(21(28)12-7-16-5-4-6-17(22)13-16)14-20(27)24-19-10-8-18(9-11-19)23-15(2)26/h4-13H,3,14H2,1-2H3,(H,23,26)(H,24,27)/b12-7+. The van der Waals surface area contributed by atoms with E-state index < -0.39 is 0 Å². The number of amides is 3. The first-order valence-electron chi connectivity index (χ1n) is 8.77. The van der Waals surface area contributed by atoms with Crippen molar-refractivity contribution < 1.29 is 18.8 Å². The molecule has 0 fully saturated rings.